The molecular formula is C2H6IK2NO. The predicted octanol–water partition coefficient (Wildman–Crippen LogP) is -1.39. The second-order valence-electron chi connectivity index (χ2n) is 0.600. The summed E-state index contributed by atoms with van der Waals surface area (Å²) in [6.07, 6.45) is 0. The van der Waals surface area contributed by atoms with Crippen LogP contribution in [0.15, 0.2) is 0 Å². The van der Waals surface area contributed by atoms with Crippen molar-refractivity contribution in [2.24, 2.45) is 5.73 Å². The Morgan fingerprint density at radius 2 is 1.71 bits per heavy atom. The van der Waals surface area contributed by atoms with E-state index in [1.165, 1.54) is 0 Å². The minimum atomic E-state index is -0.259. The first-order valence-corrected chi connectivity index (χ1v) is 2.64. The molecule has 0 radical (unpaired) electrons. The molecule has 7 heavy (non-hydrogen) atoms. The summed E-state index contributed by atoms with van der Waals surface area (Å²) in [5.74, 6) is -0.259. The summed E-state index contributed by atoms with van der Waals surface area (Å²) in [6.45, 7) is 0. The number of nitrogens with two attached hydrogens (primary N) is 1. The van der Waals surface area contributed by atoms with Gasteiger partial charge in [0.1, 0.15) is 0 Å². The normalized spacial score (nSPS) is 5.29. The van der Waals surface area contributed by atoms with Gasteiger partial charge in [-0.3, -0.25) is 4.79 Å². The van der Waals surface area contributed by atoms with E-state index in [0.717, 1.165) is 0 Å². The second kappa shape index (κ2) is 12.2. The summed E-state index contributed by atoms with van der Waals surface area (Å²) in [4.78, 5) is 9.58. The fourth-order valence-electron chi connectivity index (χ4n) is 0. The van der Waals surface area contributed by atoms with Crippen molar-refractivity contribution in [2.75, 3.05) is 4.43 Å². The van der Waals surface area contributed by atoms with Crippen LogP contribution in [0.1, 0.15) is 0 Å². The molecule has 0 bridgehead atoms. The Morgan fingerprint density at radius 1 is 1.57 bits per heavy atom. The summed E-state index contributed by atoms with van der Waals surface area (Å²) in [6, 6.07) is 0. The molecule has 0 saturated carbocycles. The van der Waals surface area contributed by atoms with E-state index in [4.69, 9.17) is 0 Å². The maximum atomic E-state index is 9.58. The fraction of sp³-hybridized carbons (Fsp3) is 0.500. The first-order chi connectivity index (χ1) is 2.27. The molecule has 0 atom stereocenters. The van der Waals surface area contributed by atoms with E-state index < -0.39 is 0 Å². The van der Waals surface area contributed by atoms with E-state index in [-0.39, 0.29) is 109 Å². The molecule has 0 saturated heterocycles. The van der Waals surface area contributed by atoms with Gasteiger partial charge in [-0.1, -0.05) is 22.6 Å². The van der Waals surface area contributed by atoms with Crippen LogP contribution in [-0.4, -0.2) is 113 Å². The zero-order valence-corrected chi connectivity index (χ0v) is 4.73. The number of halogens is 1. The van der Waals surface area contributed by atoms with E-state index in [1.54, 1.807) is 0 Å². The standard InChI is InChI=1S/C2H4INO.2K.2H/c3-1-2(4)5;;;;/h1H2,(H2,4,5);;;;. The molecule has 0 aromatic rings. The van der Waals surface area contributed by atoms with Gasteiger partial charge in [-0.25, -0.2) is 0 Å². The first kappa shape index (κ1) is 16.8. The molecule has 0 aromatic heterocycles. The molecule has 0 aliphatic heterocycles. The summed E-state index contributed by atoms with van der Waals surface area (Å²) in [5.41, 5.74) is 4.65. The topological polar surface area (TPSA) is 43.1 Å². The monoisotopic (exact) mass is 265 g/mol. The van der Waals surface area contributed by atoms with Gasteiger partial charge in [0.2, 0.25) is 5.91 Å². The van der Waals surface area contributed by atoms with Crippen LogP contribution in [-0.2, 0) is 4.79 Å². The maximum absolute atomic E-state index is 9.58. The van der Waals surface area contributed by atoms with Gasteiger partial charge in [0.15, 0.2) is 0 Å². The van der Waals surface area contributed by atoms with Crippen molar-refractivity contribution in [2.45, 2.75) is 0 Å². The van der Waals surface area contributed by atoms with Crippen molar-refractivity contribution in [3.8, 4) is 0 Å². The van der Waals surface area contributed by atoms with Gasteiger partial charge in [0.05, 0.1) is 4.43 Å². The van der Waals surface area contributed by atoms with Crippen molar-refractivity contribution in [1.82, 2.24) is 0 Å². The van der Waals surface area contributed by atoms with E-state index in [9.17, 15) is 4.79 Å². The Hall–Kier alpha value is 3.47. The van der Waals surface area contributed by atoms with Gasteiger partial charge in [-0.2, -0.15) is 0 Å². The van der Waals surface area contributed by atoms with Crippen LogP contribution in [0.25, 0.3) is 0 Å². The van der Waals surface area contributed by atoms with Gasteiger partial charge in [0, 0.05) is 0 Å². The molecule has 0 spiro atoms. The summed E-state index contributed by atoms with van der Waals surface area (Å²) < 4.78 is 0.414. The van der Waals surface area contributed by atoms with E-state index >= 15 is 0 Å². The SMILES string of the molecule is NC(=O)CI.[KH].[KH]. The molecule has 0 heterocycles. The number of hydrogen-bond acceptors (Lipinski definition) is 1. The molecule has 0 rings (SSSR count). The van der Waals surface area contributed by atoms with Gasteiger partial charge < -0.3 is 5.73 Å². The molecule has 2 N–H and O–H groups in total. The van der Waals surface area contributed by atoms with Crippen LogP contribution in [0.3, 0.4) is 0 Å². The number of amides is 1. The Labute approximate surface area is 142 Å². The molecule has 1 amide bonds. The number of hydrogen-bond donors (Lipinski definition) is 1. The van der Waals surface area contributed by atoms with E-state index in [2.05, 4.69) is 5.73 Å². The first-order valence-electron chi connectivity index (χ1n) is 1.11. The third-order valence-corrected chi connectivity index (χ3v) is 0.884. The van der Waals surface area contributed by atoms with Crippen molar-refractivity contribution in [3.63, 3.8) is 0 Å². The molecule has 2 nitrogen and oxygen atoms in total. The van der Waals surface area contributed by atoms with Crippen molar-refractivity contribution in [3.05, 3.63) is 0 Å². The average Bonchev–Trinajstić information content (AvgIpc) is 1.38. The third kappa shape index (κ3) is 17.7. The Balaban J connectivity index is -0.0000000800. The van der Waals surface area contributed by atoms with Crippen LogP contribution in [0.2, 0.25) is 0 Å². The predicted molar refractivity (Wildman–Crippen MR) is 42.4 cm³/mol. The number of primary amides is 1. The number of carbonyl (C=O) groups is 1. The quantitative estimate of drug-likeness (QED) is 0.354. The van der Waals surface area contributed by atoms with Gasteiger partial charge in [-0.15, -0.1) is 0 Å². The minimum absolute atomic E-state index is 0. The fourth-order valence-corrected chi connectivity index (χ4v) is 0. The Kier molecular flexibility index (Phi) is 29.3. The van der Waals surface area contributed by atoms with Crippen LogP contribution in [0, 0.1) is 0 Å². The summed E-state index contributed by atoms with van der Waals surface area (Å²) in [7, 11) is 0. The summed E-state index contributed by atoms with van der Waals surface area (Å²) in [5, 5.41) is 0. The van der Waals surface area contributed by atoms with Crippen LogP contribution >= 0.6 is 22.6 Å². The third-order valence-electron chi connectivity index (χ3n) is 0.132. The molecule has 0 fully saturated rings. The van der Waals surface area contributed by atoms with Crippen molar-refractivity contribution < 1.29 is 4.79 Å². The molecule has 5 heteroatoms. The van der Waals surface area contributed by atoms with E-state index in [0.29, 0.717) is 4.43 Å². The Bertz CT molecular complexity index is 51.0. The number of alkyl halides is 1. The van der Waals surface area contributed by atoms with E-state index in [1.807, 2.05) is 22.6 Å². The molecule has 0 aliphatic rings. The number of carbonyl (C=O) groups excluding carboxylic acids is 1. The van der Waals surface area contributed by atoms with Gasteiger partial charge in [-0.05, 0) is 0 Å². The van der Waals surface area contributed by atoms with Crippen molar-refractivity contribution >= 4 is 131 Å². The second-order valence-corrected chi connectivity index (χ2v) is 1.36. The van der Waals surface area contributed by atoms with Crippen LogP contribution in [0.5, 0.6) is 0 Å². The molecule has 34 valence electrons. The summed E-state index contributed by atoms with van der Waals surface area (Å²) >= 11 is 1.90. The van der Waals surface area contributed by atoms with Crippen LogP contribution < -0.4 is 5.73 Å². The molecular weight excluding hydrogens is 259 g/mol. The zero-order valence-electron chi connectivity index (χ0n) is 2.57. The number of rotatable bonds is 1. The Morgan fingerprint density at radius 3 is 1.71 bits per heavy atom. The van der Waals surface area contributed by atoms with Crippen LogP contribution in [0.4, 0.5) is 0 Å². The molecule has 0 aliphatic carbocycles. The van der Waals surface area contributed by atoms with Gasteiger partial charge >= 0.3 is 103 Å². The average molecular weight is 265 g/mol. The molecule has 0 unspecified atom stereocenters. The van der Waals surface area contributed by atoms with Crippen molar-refractivity contribution in [1.29, 1.82) is 0 Å². The van der Waals surface area contributed by atoms with Gasteiger partial charge in [0.25, 0.3) is 0 Å². The molecule has 0 aromatic carbocycles. The zero-order chi connectivity index (χ0) is 4.28.